The fourth-order valence-electron chi connectivity index (χ4n) is 2.35. The second-order valence-corrected chi connectivity index (χ2v) is 4.70. The molecule has 1 aliphatic heterocycles. The summed E-state index contributed by atoms with van der Waals surface area (Å²) in [6.07, 6.45) is -1.06. The molecule has 0 saturated carbocycles. The Labute approximate surface area is 116 Å². The highest BCUT2D eigenvalue weighted by Gasteiger charge is 2.40. The summed E-state index contributed by atoms with van der Waals surface area (Å²) in [5, 5.41) is 9.26. The third kappa shape index (κ3) is 2.81. The number of carbonyl (C=O) groups excluding carboxylic acids is 1. The summed E-state index contributed by atoms with van der Waals surface area (Å²) in [5.74, 6) is -1.31. The van der Waals surface area contributed by atoms with Crippen LogP contribution in [0.3, 0.4) is 0 Å². The van der Waals surface area contributed by atoms with Crippen LogP contribution in [0.15, 0.2) is 24.3 Å². The molecule has 0 aliphatic carbocycles. The Hall–Kier alpha value is -1.92. The smallest absolute Gasteiger partial charge is 0.335 e. The van der Waals surface area contributed by atoms with Crippen molar-refractivity contribution in [2.45, 2.75) is 18.8 Å². The normalized spacial score (nSPS) is 22.9. The summed E-state index contributed by atoms with van der Waals surface area (Å²) in [4.78, 5) is 24.5. The molecule has 2 unspecified atom stereocenters. The standard InChI is InChI=1S/C14H17NO5/c1-15-11(16)8-20-13(14(17)18)12(15)10-5-3-4-9(6-10)7-19-2/h3-6,12-13H,7-8H2,1-2H3,(H,17,18). The minimum Gasteiger partial charge on any atom is -0.479 e. The van der Waals surface area contributed by atoms with Gasteiger partial charge in [0.2, 0.25) is 5.91 Å². The van der Waals surface area contributed by atoms with Gasteiger partial charge in [-0.25, -0.2) is 4.79 Å². The first-order chi connectivity index (χ1) is 9.54. The van der Waals surface area contributed by atoms with Crippen LogP contribution in [0.25, 0.3) is 0 Å². The lowest BCUT2D eigenvalue weighted by atomic mass is 9.97. The van der Waals surface area contributed by atoms with Crippen molar-refractivity contribution in [3.8, 4) is 0 Å². The maximum Gasteiger partial charge on any atom is 0.335 e. The van der Waals surface area contributed by atoms with Gasteiger partial charge >= 0.3 is 5.97 Å². The molecule has 6 heteroatoms. The number of methoxy groups -OCH3 is 1. The van der Waals surface area contributed by atoms with Crippen LogP contribution in [0.2, 0.25) is 0 Å². The number of aliphatic carboxylic acids is 1. The molecule has 0 spiro atoms. The molecule has 108 valence electrons. The Morgan fingerprint density at radius 1 is 1.55 bits per heavy atom. The van der Waals surface area contributed by atoms with Crippen LogP contribution in [0.1, 0.15) is 17.2 Å². The first-order valence-corrected chi connectivity index (χ1v) is 6.22. The van der Waals surface area contributed by atoms with E-state index in [2.05, 4.69) is 0 Å². The average Bonchev–Trinajstić information content (AvgIpc) is 2.42. The summed E-state index contributed by atoms with van der Waals surface area (Å²) in [7, 11) is 3.18. The fraction of sp³-hybridized carbons (Fsp3) is 0.429. The first-order valence-electron chi connectivity index (χ1n) is 6.22. The Bertz CT molecular complexity index is 516. The lowest BCUT2D eigenvalue weighted by molar-refractivity contribution is -0.171. The van der Waals surface area contributed by atoms with E-state index in [1.54, 1.807) is 20.2 Å². The van der Waals surface area contributed by atoms with Crippen molar-refractivity contribution in [1.29, 1.82) is 0 Å². The van der Waals surface area contributed by atoms with E-state index in [-0.39, 0.29) is 12.5 Å². The highest BCUT2D eigenvalue weighted by Crippen LogP contribution is 2.29. The van der Waals surface area contributed by atoms with Crippen LogP contribution < -0.4 is 0 Å². The second-order valence-electron chi connectivity index (χ2n) is 4.70. The summed E-state index contributed by atoms with van der Waals surface area (Å²) >= 11 is 0. The van der Waals surface area contributed by atoms with Gasteiger partial charge in [0, 0.05) is 14.2 Å². The van der Waals surface area contributed by atoms with Crippen molar-refractivity contribution >= 4 is 11.9 Å². The van der Waals surface area contributed by atoms with Gasteiger partial charge in [0.25, 0.3) is 0 Å². The largest absolute Gasteiger partial charge is 0.479 e. The van der Waals surface area contributed by atoms with Crippen molar-refractivity contribution in [3.63, 3.8) is 0 Å². The molecule has 20 heavy (non-hydrogen) atoms. The molecule has 0 aromatic heterocycles. The lowest BCUT2D eigenvalue weighted by Gasteiger charge is -2.37. The number of morpholine rings is 1. The molecule has 1 N–H and O–H groups in total. The number of nitrogens with zero attached hydrogens (tertiary/aromatic N) is 1. The molecule has 1 aliphatic rings. The van der Waals surface area contributed by atoms with Crippen molar-refractivity contribution in [2.75, 3.05) is 20.8 Å². The Kier molecular flexibility index (Phi) is 4.36. The molecular weight excluding hydrogens is 262 g/mol. The molecule has 1 aromatic carbocycles. The number of rotatable bonds is 4. The molecule has 1 heterocycles. The highest BCUT2D eigenvalue weighted by atomic mass is 16.5. The zero-order valence-electron chi connectivity index (χ0n) is 11.4. The Morgan fingerprint density at radius 3 is 2.95 bits per heavy atom. The minimum atomic E-state index is -1.08. The van der Waals surface area contributed by atoms with E-state index in [9.17, 15) is 14.7 Å². The maximum atomic E-state index is 11.7. The van der Waals surface area contributed by atoms with Gasteiger partial charge in [0.05, 0.1) is 12.6 Å². The number of hydrogen-bond donors (Lipinski definition) is 1. The van der Waals surface area contributed by atoms with Crippen molar-refractivity contribution in [2.24, 2.45) is 0 Å². The van der Waals surface area contributed by atoms with Crippen molar-refractivity contribution in [1.82, 2.24) is 4.90 Å². The maximum absolute atomic E-state index is 11.7. The lowest BCUT2D eigenvalue weighted by Crippen LogP contribution is -2.50. The van der Waals surface area contributed by atoms with E-state index < -0.39 is 18.1 Å². The van der Waals surface area contributed by atoms with Crippen molar-refractivity contribution in [3.05, 3.63) is 35.4 Å². The minimum absolute atomic E-state index is 0.207. The van der Waals surface area contributed by atoms with Gasteiger partial charge in [-0.1, -0.05) is 24.3 Å². The van der Waals surface area contributed by atoms with Gasteiger partial charge < -0.3 is 19.5 Å². The summed E-state index contributed by atoms with van der Waals surface area (Å²) in [6.45, 7) is 0.221. The summed E-state index contributed by atoms with van der Waals surface area (Å²) in [6, 6.07) is 6.69. The van der Waals surface area contributed by atoms with Gasteiger partial charge in [0.15, 0.2) is 6.10 Å². The van der Waals surface area contributed by atoms with Crippen LogP contribution >= 0.6 is 0 Å². The highest BCUT2D eigenvalue weighted by molar-refractivity contribution is 5.82. The number of carboxylic acids is 1. The van der Waals surface area contributed by atoms with E-state index in [1.165, 1.54) is 4.90 Å². The molecule has 6 nitrogen and oxygen atoms in total. The molecule has 1 amide bonds. The van der Waals surface area contributed by atoms with Crippen LogP contribution in [-0.2, 0) is 25.7 Å². The van der Waals surface area contributed by atoms with E-state index in [4.69, 9.17) is 9.47 Å². The van der Waals surface area contributed by atoms with E-state index in [0.717, 1.165) is 11.1 Å². The molecule has 1 aromatic rings. The quantitative estimate of drug-likeness (QED) is 0.883. The third-order valence-corrected chi connectivity index (χ3v) is 3.33. The monoisotopic (exact) mass is 279 g/mol. The summed E-state index contributed by atoms with van der Waals surface area (Å²) in [5.41, 5.74) is 1.64. The number of likely N-dealkylation sites (N-methyl/N-ethyl adjacent to an activating group) is 1. The predicted octanol–water partition coefficient (Wildman–Crippen LogP) is 0.816. The van der Waals surface area contributed by atoms with Gasteiger partial charge in [-0.2, -0.15) is 0 Å². The number of carbonyl (C=O) groups is 2. The number of hydrogen-bond acceptors (Lipinski definition) is 4. The number of benzene rings is 1. The van der Waals surface area contributed by atoms with Gasteiger partial charge in [-0.3, -0.25) is 4.79 Å². The van der Waals surface area contributed by atoms with Crippen LogP contribution in [0.4, 0.5) is 0 Å². The number of amides is 1. The Balaban J connectivity index is 2.36. The molecule has 2 rings (SSSR count). The zero-order chi connectivity index (χ0) is 14.7. The van der Waals surface area contributed by atoms with Gasteiger partial charge in [-0.05, 0) is 11.1 Å². The SMILES string of the molecule is COCc1cccc(C2C(C(=O)O)OCC(=O)N2C)c1. The Morgan fingerprint density at radius 2 is 2.30 bits per heavy atom. The van der Waals surface area contributed by atoms with Crippen LogP contribution in [0, 0.1) is 0 Å². The third-order valence-electron chi connectivity index (χ3n) is 3.33. The van der Waals surface area contributed by atoms with Crippen LogP contribution in [0.5, 0.6) is 0 Å². The number of ether oxygens (including phenoxy) is 2. The van der Waals surface area contributed by atoms with E-state index >= 15 is 0 Å². The molecule has 1 saturated heterocycles. The van der Waals surface area contributed by atoms with Crippen molar-refractivity contribution < 1.29 is 24.2 Å². The van der Waals surface area contributed by atoms with Crippen LogP contribution in [-0.4, -0.2) is 48.8 Å². The number of carboxylic acid groups (broad SMARTS) is 1. The first kappa shape index (κ1) is 14.5. The topological polar surface area (TPSA) is 76.1 Å². The predicted molar refractivity (Wildman–Crippen MR) is 70.0 cm³/mol. The second kappa shape index (κ2) is 6.02. The molecule has 0 bridgehead atoms. The van der Waals surface area contributed by atoms with Gasteiger partial charge in [0.1, 0.15) is 6.61 Å². The van der Waals surface area contributed by atoms with Gasteiger partial charge in [-0.15, -0.1) is 0 Å². The summed E-state index contributed by atoms with van der Waals surface area (Å²) < 4.78 is 10.2. The zero-order valence-corrected chi connectivity index (χ0v) is 11.4. The molecular formula is C14H17NO5. The molecule has 0 radical (unpaired) electrons. The van der Waals surface area contributed by atoms with E-state index in [1.807, 2.05) is 18.2 Å². The average molecular weight is 279 g/mol. The molecule has 2 atom stereocenters. The molecule has 1 fully saturated rings. The fourth-order valence-corrected chi connectivity index (χ4v) is 2.35. The van der Waals surface area contributed by atoms with E-state index in [0.29, 0.717) is 6.61 Å².